The van der Waals surface area contributed by atoms with Crippen LogP contribution in [0.4, 0.5) is 5.69 Å². The first kappa shape index (κ1) is 20.4. The number of nitrogens with zero attached hydrogens (tertiary/aromatic N) is 2. The summed E-state index contributed by atoms with van der Waals surface area (Å²) in [4.78, 5) is 27.4. The Labute approximate surface area is 181 Å². The third-order valence-electron chi connectivity index (χ3n) is 6.46. The quantitative estimate of drug-likeness (QED) is 0.560. The largest absolute Gasteiger partial charge is 0.480 e. The lowest BCUT2D eigenvalue weighted by atomic mass is 9.68. The van der Waals surface area contributed by atoms with Crippen molar-refractivity contribution in [2.75, 3.05) is 24.5 Å². The van der Waals surface area contributed by atoms with Crippen molar-refractivity contribution in [1.29, 1.82) is 0 Å². The molecule has 5 nitrogen and oxygen atoms in total. The topological polar surface area (TPSA) is 60.9 Å². The fourth-order valence-corrected chi connectivity index (χ4v) is 6.00. The van der Waals surface area contributed by atoms with Crippen molar-refractivity contribution in [2.45, 2.75) is 44.9 Å². The Morgan fingerprint density at radius 1 is 1.10 bits per heavy atom. The van der Waals surface area contributed by atoms with E-state index in [1.165, 1.54) is 50.6 Å². The highest BCUT2D eigenvalue weighted by Crippen LogP contribution is 2.45. The summed E-state index contributed by atoms with van der Waals surface area (Å²) in [6.07, 6.45) is 11.4. The number of benzene rings is 1. The number of carboxylic acids is 1. The van der Waals surface area contributed by atoms with Crippen LogP contribution in [0, 0.1) is 5.41 Å². The van der Waals surface area contributed by atoms with Gasteiger partial charge < -0.3 is 10.0 Å². The number of anilines is 1. The van der Waals surface area contributed by atoms with Gasteiger partial charge in [-0.25, -0.2) is 0 Å². The molecule has 4 rings (SSSR count). The predicted molar refractivity (Wildman–Crippen MR) is 121 cm³/mol. The van der Waals surface area contributed by atoms with Crippen LogP contribution < -0.4 is 4.90 Å². The van der Waals surface area contributed by atoms with Crippen LogP contribution in [-0.2, 0) is 9.59 Å². The summed E-state index contributed by atoms with van der Waals surface area (Å²) in [6, 6.07) is 8.26. The second-order valence-electron chi connectivity index (χ2n) is 8.30. The van der Waals surface area contributed by atoms with Gasteiger partial charge >= 0.3 is 5.97 Å². The highest BCUT2D eigenvalue weighted by Gasteiger charge is 2.36. The van der Waals surface area contributed by atoms with Crippen LogP contribution in [0.25, 0.3) is 6.08 Å². The van der Waals surface area contributed by atoms with Crippen molar-refractivity contribution in [1.82, 2.24) is 4.90 Å². The van der Waals surface area contributed by atoms with E-state index in [1.54, 1.807) is 6.08 Å². The summed E-state index contributed by atoms with van der Waals surface area (Å²) in [5, 5.41) is 8.93. The monoisotopic (exact) mass is 430 g/mol. The van der Waals surface area contributed by atoms with Crippen LogP contribution in [0.15, 0.2) is 29.2 Å². The van der Waals surface area contributed by atoms with Crippen molar-refractivity contribution < 1.29 is 14.7 Å². The van der Waals surface area contributed by atoms with E-state index in [2.05, 4.69) is 17.0 Å². The average molecular weight is 431 g/mol. The van der Waals surface area contributed by atoms with Crippen LogP contribution in [0.2, 0.25) is 0 Å². The Hall–Kier alpha value is -1.86. The van der Waals surface area contributed by atoms with Crippen molar-refractivity contribution in [2.24, 2.45) is 5.41 Å². The number of carbonyl (C=O) groups is 2. The summed E-state index contributed by atoms with van der Waals surface area (Å²) < 4.78 is 0.297. The molecule has 0 bridgehead atoms. The van der Waals surface area contributed by atoms with Crippen molar-refractivity contribution in [3.63, 3.8) is 0 Å². The Bertz CT molecular complexity index is 834. The van der Waals surface area contributed by atoms with Crippen molar-refractivity contribution in [3.8, 4) is 0 Å². The lowest BCUT2D eigenvalue weighted by molar-refractivity contribution is -0.140. The number of piperidine rings is 1. The van der Waals surface area contributed by atoms with E-state index in [9.17, 15) is 9.59 Å². The normalized spacial score (nSPS) is 23.2. The average Bonchev–Trinajstić information content (AvgIpc) is 2.97. The molecule has 1 spiro atoms. The van der Waals surface area contributed by atoms with E-state index >= 15 is 0 Å². The first-order valence-corrected chi connectivity index (χ1v) is 11.5. The molecule has 2 heterocycles. The van der Waals surface area contributed by atoms with E-state index < -0.39 is 12.5 Å². The number of aliphatic carboxylic acids is 1. The number of thioether (sulfide) groups is 1. The number of rotatable bonds is 4. The van der Waals surface area contributed by atoms with Crippen LogP contribution in [0.3, 0.4) is 0 Å². The molecule has 0 radical (unpaired) electrons. The van der Waals surface area contributed by atoms with Gasteiger partial charge in [-0.05, 0) is 54.9 Å². The van der Waals surface area contributed by atoms with Gasteiger partial charge in [-0.3, -0.25) is 14.5 Å². The van der Waals surface area contributed by atoms with Gasteiger partial charge in [0.1, 0.15) is 10.9 Å². The molecule has 1 N–H and O–H groups in total. The van der Waals surface area contributed by atoms with Crippen LogP contribution in [0.5, 0.6) is 0 Å². The maximum Gasteiger partial charge on any atom is 0.323 e. The molecule has 154 valence electrons. The third-order valence-corrected chi connectivity index (χ3v) is 7.84. The maximum atomic E-state index is 12.4. The fraction of sp³-hybridized carbons (Fsp3) is 0.500. The molecule has 7 heteroatoms. The number of carboxylic acid groups (broad SMARTS) is 1. The Kier molecular flexibility index (Phi) is 5.97. The van der Waals surface area contributed by atoms with Gasteiger partial charge in [0.25, 0.3) is 5.91 Å². The predicted octanol–water partition coefficient (Wildman–Crippen LogP) is 4.52. The summed E-state index contributed by atoms with van der Waals surface area (Å²) in [5.41, 5.74) is 2.75. The summed E-state index contributed by atoms with van der Waals surface area (Å²) >= 11 is 6.30. The molecule has 2 aliphatic heterocycles. The van der Waals surface area contributed by atoms with E-state index in [0.717, 1.165) is 35.3 Å². The Morgan fingerprint density at radius 2 is 1.76 bits per heavy atom. The minimum atomic E-state index is -1.07. The maximum absolute atomic E-state index is 12.4. The lowest BCUT2D eigenvalue weighted by Gasteiger charge is -2.45. The molecule has 1 aromatic rings. The third kappa shape index (κ3) is 4.51. The molecule has 1 aliphatic carbocycles. The van der Waals surface area contributed by atoms with Gasteiger partial charge in [0.05, 0.1) is 4.91 Å². The van der Waals surface area contributed by atoms with E-state index in [0.29, 0.717) is 14.6 Å². The minimum Gasteiger partial charge on any atom is -0.480 e. The molecular formula is C22H26N2O3S2. The molecule has 2 saturated heterocycles. The van der Waals surface area contributed by atoms with Crippen LogP contribution in [0.1, 0.15) is 50.5 Å². The number of hydrogen-bond acceptors (Lipinski definition) is 5. The fourth-order valence-electron chi connectivity index (χ4n) is 4.75. The van der Waals surface area contributed by atoms with E-state index in [-0.39, 0.29) is 5.91 Å². The molecule has 1 amide bonds. The van der Waals surface area contributed by atoms with Crippen molar-refractivity contribution in [3.05, 3.63) is 34.7 Å². The zero-order valence-electron chi connectivity index (χ0n) is 16.4. The number of thiocarbonyl (C=S) groups is 1. The first-order chi connectivity index (χ1) is 14.0. The van der Waals surface area contributed by atoms with Crippen molar-refractivity contribution >= 4 is 51.9 Å². The number of amides is 1. The molecule has 0 unspecified atom stereocenters. The number of carbonyl (C=O) groups excluding carboxylic acids is 1. The Balaban J connectivity index is 1.40. The van der Waals surface area contributed by atoms with E-state index in [1.807, 2.05) is 12.1 Å². The standard InChI is InChI=1S/C22H26N2O3S2/c25-19(26)15-24-20(27)18(29-21(24)28)14-16-4-6-17(7-5-16)23-12-10-22(11-13-23)8-2-1-3-9-22/h4-7,14H,1-3,8-13,15H2,(H,25,26)/b18-14+. The van der Waals surface area contributed by atoms with Gasteiger partial charge in [0.15, 0.2) is 0 Å². The van der Waals surface area contributed by atoms with Gasteiger partial charge in [0, 0.05) is 18.8 Å². The lowest BCUT2D eigenvalue weighted by Crippen LogP contribution is -2.41. The smallest absolute Gasteiger partial charge is 0.323 e. The molecule has 1 aromatic carbocycles. The van der Waals surface area contributed by atoms with Crippen LogP contribution in [-0.4, -0.2) is 45.8 Å². The number of hydrogen-bond donors (Lipinski definition) is 1. The first-order valence-electron chi connectivity index (χ1n) is 10.3. The van der Waals surface area contributed by atoms with E-state index in [4.69, 9.17) is 17.3 Å². The summed E-state index contributed by atoms with van der Waals surface area (Å²) in [5.74, 6) is -1.40. The summed E-state index contributed by atoms with van der Waals surface area (Å²) in [7, 11) is 0. The Morgan fingerprint density at radius 3 is 2.38 bits per heavy atom. The van der Waals surface area contributed by atoms with Gasteiger partial charge in [-0.1, -0.05) is 55.4 Å². The molecule has 0 aromatic heterocycles. The van der Waals surface area contributed by atoms with Gasteiger partial charge in [-0.2, -0.15) is 0 Å². The van der Waals surface area contributed by atoms with Crippen LogP contribution >= 0.6 is 24.0 Å². The molecule has 29 heavy (non-hydrogen) atoms. The second kappa shape index (κ2) is 8.48. The second-order valence-corrected chi connectivity index (χ2v) is 9.98. The zero-order valence-corrected chi connectivity index (χ0v) is 18.1. The molecular weight excluding hydrogens is 404 g/mol. The zero-order chi connectivity index (χ0) is 20.4. The summed E-state index contributed by atoms with van der Waals surface area (Å²) in [6.45, 7) is 1.85. The molecule has 0 atom stereocenters. The molecule has 3 aliphatic rings. The SMILES string of the molecule is O=C(O)CN1C(=O)/C(=C\c2ccc(N3CCC4(CCCCC4)CC3)cc2)SC1=S. The highest BCUT2D eigenvalue weighted by molar-refractivity contribution is 8.26. The molecule has 3 fully saturated rings. The molecule has 1 saturated carbocycles. The van der Waals surface area contributed by atoms with Gasteiger partial charge in [0.2, 0.25) is 0 Å². The van der Waals surface area contributed by atoms with Gasteiger partial charge in [-0.15, -0.1) is 0 Å². The highest BCUT2D eigenvalue weighted by atomic mass is 32.2. The minimum absolute atomic E-state index is 0.297.